The van der Waals surface area contributed by atoms with Crippen molar-refractivity contribution < 1.29 is 13.2 Å². The van der Waals surface area contributed by atoms with Gasteiger partial charge in [-0.3, -0.25) is 4.79 Å². The number of Topliss-reactive ketones (excluding diaryl/α,β-unsaturated/α-hetero) is 1. The van der Waals surface area contributed by atoms with Crippen molar-refractivity contribution in [1.82, 2.24) is 9.21 Å². The average Bonchev–Trinajstić information content (AvgIpc) is 2.49. The Morgan fingerprint density at radius 2 is 1.83 bits per heavy atom. The zero-order chi connectivity index (χ0) is 13.4. The van der Waals surface area contributed by atoms with Crippen LogP contribution >= 0.6 is 0 Å². The van der Waals surface area contributed by atoms with Crippen LogP contribution in [0.4, 0.5) is 0 Å². The van der Waals surface area contributed by atoms with Crippen LogP contribution in [0, 0.1) is 0 Å². The zero-order valence-corrected chi connectivity index (χ0v) is 12.0. The summed E-state index contributed by atoms with van der Waals surface area (Å²) >= 11 is 0. The monoisotopic (exact) mass is 274 g/mol. The molecule has 2 aliphatic rings. The van der Waals surface area contributed by atoms with Gasteiger partial charge in [0, 0.05) is 19.6 Å². The quantitative estimate of drug-likeness (QED) is 0.750. The predicted molar refractivity (Wildman–Crippen MR) is 69.9 cm³/mol. The number of sulfonamides is 1. The van der Waals surface area contributed by atoms with Crippen molar-refractivity contribution in [2.24, 2.45) is 0 Å². The fraction of sp³-hybridized carbons (Fsp3) is 0.917. The second kappa shape index (κ2) is 4.90. The van der Waals surface area contributed by atoms with E-state index in [-0.39, 0.29) is 11.5 Å². The number of hydrogen-bond donors (Lipinski definition) is 0. The van der Waals surface area contributed by atoms with E-state index >= 15 is 0 Å². The minimum absolute atomic E-state index is 0.0968. The summed E-state index contributed by atoms with van der Waals surface area (Å²) in [6, 6.07) is 0. The highest BCUT2D eigenvalue weighted by atomic mass is 32.2. The molecule has 2 rings (SSSR count). The first kappa shape index (κ1) is 14.0. The van der Waals surface area contributed by atoms with Crippen LogP contribution in [0.25, 0.3) is 0 Å². The van der Waals surface area contributed by atoms with Gasteiger partial charge in [0.25, 0.3) is 0 Å². The van der Waals surface area contributed by atoms with Crippen molar-refractivity contribution in [3.8, 4) is 0 Å². The maximum absolute atomic E-state index is 12.2. The van der Waals surface area contributed by atoms with Crippen LogP contribution in [0.2, 0.25) is 0 Å². The molecule has 2 heterocycles. The van der Waals surface area contributed by atoms with Crippen molar-refractivity contribution in [3.05, 3.63) is 0 Å². The van der Waals surface area contributed by atoms with Gasteiger partial charge in [-0.2, -0.15) is 4.31 Å². The van der Waals surface area contributed by atoms with Gasteiger partial charge < -0.3 is 4.90 Å². The molecular formula is C12H22N2O3S. The number of nitrogens with zero attached hydrogens (tertiary/aromatic N) is 2. The van der Waals surface area contributed by atoms with Gasteiger partial charge in [0.05, 0.1) is 5.54 Å². The summed E-state index contributed by atoms with van der Waals surface area (Å²) in [6.45, 7) is 7.03. The molecule has 2 aliphatic heterocycles. The van der Waals surface area contributed by atoms with Gasteiger partial charge in [-0.05, 0) is 25.8 Å². The van der Waals surface area contributed by atoms with Crippen molar-refractivity contribution in [3.63, 3.8) is 0 Å². The standard InChI is InChI=1S/C12H22N2O3S/c1-3-7-13-8-5-12(6-9-13)11(15)10-18(16,17)14(12)4-2/h3-10H2,1-2H3. The summed E-state index contributed by atoms with van der Waals surface area (Å²) in [7, 11) is -3.36. The van der Waals surface area contributed by atoms with Crippen LogP contribution < -0.4 is 0 Å². The number of likely N-dealkylation sites (N-methyl/N-ethyl adjacent to an activating group) is 1. The van der Waals surface area contributed by atoms with E-state index in [4.69, 9.17) is 0 Å². The van der Waals surface area contributed by atoms with Crippen molar-refractivity contribution in [2.75, 3.05) is 31.9 Å². The highest BCUT2D eigenvalue weighted by molar-refractivity contribution is 7.90. The molecule has 0 aromatic rings. The molecule has 1 spiro atoms. The first-order valence-electron chi connectivity index (χ1n) is 6.72. The molecule has 2 fully saturated rings. The van der Waals surface area contributed by atoms with Gasteiger partial charge in [0.15, 0.2) is 5.78 Å². The van der Waals surface area contributed by atoms with Crippen molar-refractivity contribution in [2.45, 2.75) is 38.6 Å². The van der Waals surface area contributed by atoms with Gasteiger partial charge in [0.2, 0.25) is 10.0 Å². The number of hydrogen-bond acceptors (Lipinski definition) is 4. The molecule has 104 valence electrons. The Kier molecular flexibility index (Phi) is 3.80. The summed E-state index contributed by atoms with van der Waals surface area (Å²) in [4.78, 5) is 14.5. The number of carbonyl (C=O) groups is 1. The minimum atomic E-state index is -3.36. The van der Waals surface area contributed by atoms with Crippen LogP contribution in [0.3, 0.4) is 0 Å². The second-order valence-electron chi connectivity index (χ2n) is 5.22. The Morgan fingerprint density at radius 1 is 1.22 bits per heavy atom. The SMILES string of the molecule is CCCN1CCC2(CC1)C(=O)CS(=O)(=O)N2CC. The van der Waals surface area contributed by atoms with E-state index in [9.17, 15) is 13.2 Å². The van der Waals surface area contributed by atoms with Crippen LogP contribution in [-0.2, 0) is 14.8 Å². The van der Waals surface area contributed by atoms with E-state index in [2.05, 4.69) is 11.8 Å². The molecule has 0 amide bonds. The normalized spacial score (nSPS) is 28.0. The predicted octanol–water partition coefficient (Wildman–Crippen LogP) is 0.465. The minimum Gasteiger partial charge on any atom is -0.303 e. The first-order valence-corrected chi connectivity index (χ1v) is 8.33. The van der Waals surface area contributed by atoms with Gasteiger partial charge in [-0.1, -0.05) is 13.8 Å². The third-order valence-electron chi connectivity index (χ3n) is 4.16. The molecule has 0 radical (unpaired) electrons. The van der Waals surface area contributed by atoms with Gasteiger partial charge in [0.1, 0.15) is 5.75 Å². The summed E-state index contributed by atoms with van der Waals surface area (Å²) in [5.41, 5.74) is -0.724. The van der Waals surface area contributed by atoms with Crippen molar-refractivity contribution >= 4 is 15.8 Å². The summed E-state index contributed by atoms with van der Waals surface area (Å²) in [5, 5.41) is 0. The molecule has 0 bridgehead atoms. The molecule has 18 heavy (non-hydrogen) atoms. The Balaban J connectivity index is 2.19. The van der Waals surface area contributed by atoms with Crippen molar-refractivity contribution in [1.29, 1.82) is 0 Å². The molecule has 0 aromatic carbocycles. The van der Waals surface area contributed by atoms with Crippen LogP contribution in [0.1, 0.15) is 33.1 Å². The molecule has 0 saturated carbocycles. The zero-order valence-electron chi connectivity index (χ0n) is 11.2. The molecule has 0 aromatic heterocycles. The molecule has 2 saturated heterocycles. The van der Waals surface area contributed by atoms with Crippen LogP contribution in [0.15, 0.2) is 0 Å². The Labute approximate surface area is 109 Å². The Hall–Kier alpha value is -0.460. The number of likely N-dealkylation sites (tertiary alicyclic amines) is 1. The lowest BCUT2D eigenvalue weighted by Crippen LogP contribution is -2.56. The van der Waals surface area contributed by atoms with E-state index in [1.807, 2.05) is 6.92 Å². The van der Waals surface area contributed by atoms with Crippen LogP contribution in [0.5, 0.6) is 0 Å². The lowest BCUT2D eigenvalue weighted by Gasteiger charge is -2.42. The highest BCUT2D eigenvalue weighted by Crippen LogP contribution is 2.37. The largest absolute Gasteiger partial charge is 0.303 e. The summed E-state index contributed by atoms with van der Waals surface area (Å²) < 4.78 is 25.4. The Morgan fingerprint density at radius 3 is 2.33 bits per heavy atom. The lowest BCUT2D eigenvalue weighted by molar-refractivity contribution is -0.126. The third kappa shape index (κ3) is 2.10. The molecular weight excluding hydrogens is 252 g/mol. The number of piperidine rings is 1. The van der Waals surface area contributed by atoms with E-state index in [1.54, 1.807) is 0 Å². The van der Waals surface area contributed by atoms with E-state index < -0.39 is 15.6 Å². The molecule has 6 heteroatoms. The second-order valence-corrected chi connectivity index (χ2v) is 7.11. The molecule has 0 N–H and O–H groups in total. The maximum Gasteiger partial charge on any atom is 0.222 e. The van der Waals surface area contributed by atoms with E-state index in [1.165, 1.54) is 4.31 Å². The fourth-order valence-corrected chi connectivity index (χ4v) is 5.24. The maximum atomic E-state index is 12.2. The van der Waals surface area contributed by atoms with Gasteiger partial charge >= 0.3 is 0 Å². The molecule has 0 unspecified atom stereocenters. The Bertz CT molecular complexity index is 425. The smallest absolute Gasteiger partial charge is 0.222 e. The number of ketones is 1. The van der Waals surface area contributed by atoms with E-state index in [0.29, 0.717) is 19.4 Å². The average molecular weight is 274 g/mol. The summed E-state index contributed by atoms with van der Waals surface area (Å²) in [6.07, 6.45) is 2.40. The topological polar surface area (TPSA) is 57.7 Å². The number of carbonyl (C=O) groups excluding carboxylic acids is 1. The van der Waals surface area contributed by atoms with Gasteiger partial charge in [-0.25, -0.2) is 8.42 Å². The molecule has 0 aliphatic carbocycles. The lowest BCUT2D eigenvalue weighted by atomic mass is 9.84. The highest BCUT2D eigenvalue weighted by Gasteiger charge is 2.56. The van der Waals surface area contributed by atoms with Crippen LogP contribution in [-0.4, -0.2) is 60.9 Å². The third-order valence-corrected chi connectivity index (χ3v) is 6.06. The molecule has 5 nitrogen and oxygen atoms in total. The fourth-order valence-electron chi connectivity index (χ4n) is 3.27. The molecule has 0 atom stereocenters. The van der Waals surface area contributed by atoms with Gasteiger partial charge in [-0.15, -0.1) is 0 Å². The number of rotatable bonds is 3. The summed E-state index contributed by atoms with van der Waals surface area (Å²) in [5.74, 6) is -0.394. The first-order chi connectivity index (χ1) is 8.46. The van der Waals surface area contributed by atoms with E-state index in [0.717, 1.165) is 26.1 Å².